The van der Waals surface area contributed by atoms with Crippen LogP contribution < -0.4 is 10.2 Å². The van der Waals surface area contributed by atoms with Crippen LogP contribution in [0.1, 0.15) is 0 Å². The Morgan fingerprint density at radius 3 is 2.50 bits per heavy atom. The minimum Gasteiger partial charge on any atom is -0.378 e. The number of nitrogens with one attached hydrogen (secondary N) is 1. The van der Waals surface area contributed by atoms with Crippen molar-refractivity contribution in [3.8, 4) is 5.69 Å². The maximum absolute atomic E-state index is 13.0. The molecular formula is C17H17FN6OS. The van der Waals surface area contributed by atoms with Crippen LogP contribution in [-0.2, 0) is 4.79 Å². The summed E-state index contributed by atoms with van der Waals surface area (Å²) in [5.41, 5.74) is 2.40. The zero-order chi connectivity index (χ0) is 18.5. The van der Waals surface area contributed by atoms with Gasteiger partial charge in [0.25, 0.3) is 0 Å². The zero-order valence-electron chi connectivity index (χ0n) is 14.3. The molecule has 0 radical (unpaired) electrons. The molecule has 1 N–H and O–H groups in total. The van der Waals surface area contributed by atoms with Crippen LogP contribution in [0.25, 0.3) is 5.69 Å². The normalized spacial score (nSPS) is 10.6. The van der Waals surface area contributed by atoms with Gasteiger partial charge in [-0.15, -0.1) is 5.10 Å². The second-order valence-electron chi connectivity index (χ2n) is 5.63. The summed E-state index contributed by atoms with van der Waals surface area (Å²) in [7, 11) is 3.91. The van der Waals surface area contributed by atoms with Crippen LogP contribution >= 0.6 is 11.8 Å². The molecule has 0 aliphatic heterocycles. The molecule has 7 nitrogen and oxygen atoms in total. The van der Waals surface area contributed by atoms with E-state index in [4.69, 9.17) is 0 Å². The van der Waals surface area contributed by atoms with Gasteiger partial charge >= 0.3 is 0 Å². The second-order valence-corrected chi connectivity index (χ2v) is 6.57. The van der Waals surface area contributed by atoms with E-state index >= 15 is 0 Å². The van der Waals surface area contributed by atoms with Crippen molar-refractivity contribution in [1.29, 1.82) is 0 Å². The summed E-state index contributed by atoms with van der Waals surface area (Å²) in [5.74, 6) is -0.353. The Hall–Kier alpha value is -2.94. The number of carbonyl (C=O) groups is 1. The van der Waals surface area contributed by atoms with E-state index in [0.29, 0.717) is 10.8 Å². The maximum atomic E-state index is 13.0. The first-order valence-corrected chi connectivity index (χ1v) is 8.76. The molecule has 1 amide bonds. The highest BCUT2D eigenvalue weighted by molar-refractivity contribution is 7.99. The predicted octanol–water partition coefficient (Wildman–Crippen LogP) is 2.60. The summed E-state index contributed by atoms with van der Waals surface area (Å²) in [6.45, 7) is 0. The monoisotopic (exact) mass is 372 g/mol. The number of aromatic nitrogens is 4. The molecule has 2 aromatic carbocycles. The molecule has 0 atom stereocenters. The third kappa shape index (κ3) is 4.37. The molecule has 1 heterocycles. The Balaban J connectivity index is 1.60. The number of amides is 1. The van der Waals surface area contributed by atoms with Crippen molar-refractivity contribution < 1.29 is 9.18 Å². The smallest absolute Gasteiger partial charge is 0.234 e. The Morgan fingerprint density at radius 2 is 1.85 bits per heavy atom. The highest BCUT2D eigenvalue weighted by Gasteiger charge is 2.12. The van der Waals surface area contributed by atoms with Crippen molar-refractivity contribution >= 4 is 29.0 Å². The minimum absolute atomic E-state index is 0.150. The number of carbonyl (C=O) groups excluding carboxylic acids is 1. The van der Waals surface area contributed by atoms with E-state index < -0.39 is 0 Å². The molecule has 0 unspecified atom stereocenters. The van der Waals surface area contributed by atoms with Crippen molar-refractivity contribution in [2.75, 3.05) is 30.1 Å². The Kier molecular flexibility index (Phi) is 5.47. The number of hydrogen-bond acceptors (Lipinski definition) is 6. The Bertz CT molecular complexity index is 879. The molecule has 26 heavy (non-hydrogen) atoms. The molecule has 0 bridgehead atoms. The lowest BCUT2D eigenvalue weighted by Crippen LogP contribution is -2.15. The van der Waals surface area contributed by atoms with Crippen LogP contribution in [0.2, 0.25) is 0 Å². The van der Waals surface area contributed by atoms with Gasteiger partial charge in [-0.05, 0) is 59.0 Å². The van der Waals surface area contributed by atoms with Crippen molar-refractivity contribution in [2.45, 2.75) is 5.16 Å². The van der Waals surface area contributed by atoms with Gasteiger partial charge < -0.3 is 10.2 Å². The van der Waals surface area contributed by atoms with Gasteiger partial charge in [-0.1, -0.05) is 11.8 Å². The number of anilines is 2. The molecule has 134 valence electrons. The van der Waals surface area contributed by atoms with Crippen molar-refractivity contribution in [3.63, 3.8) is 0 Å². The van der Waals surface area contributed by atoms with Crippen LogP contribution in [-0.4, -0.2) is 46.0 Å². The number of hydrogen-bond donors (Lipinski definition) is 1. The molecule has 3 rings (SSSR count). The third-order valence-electron chi connectivity index (χ3n) is 3.51. The lowest BCUT2D eigenvalue weighted by molar-refractivity contribution is -0.113. The highest BCUT2D eigenvalue weighted by atomic mass is 32.2. The summed E-state index contributed by atoms with van der Waals surface area (Å²) in [6, 6.07) is 13.4. The van der Waals surface area contributed by atoms with Crippen LogP contribution in [0.3, 0.4) is 0 Å². The van der Waals surface area contributed by atoms with Crippen LogP contribution in [0.5, 0.6) is 0 Å². The highest BCUT2D eigenvalue weighted by Crippen LogP contribution is 2.20. The summed E-state index contributed by atoms with van der Waals surface area (Å²) >= 11 is 1.20. The van der Waals surface area contributed by atoms with Gasteiger partial charge in [0.15, 0.2) is 0 Å². The minimum atomic E-state index is -0.337. The summed E-state index contributed by atoms with van der Waals surface area (Å²) < 4.78 is 14.5. The Morgan fingerprint density at radius 1 is 1.15 bits per heavy atom. The topological polar surface area (TPSA) is 75.9 Å². The van der Waals surface area contributed by atoms with Gasteiger partial charge in [-0.25, -0.2) is 4.39 Å². The van der Waals surface area contributed by atoms with Crippen LogP contribution in [0.4, 0.5) is 15.8 Å². The third-order valence-corrected chi connectivity index (χ3v) is 4.43. The van der Waals surface area contributed by atoms with Crippen molar-refractivity contribution in [1.82, 2.24) is 20.2 Å². The average Bonchev–Trinajstić information content (AvgIpc) is 3.09. The van der Waals surface area contributed by atoms with E-state index in [1.807, 2.05) is 43.3 Å². The zero-order valence-corrected chi connectivity index (χ0v) is 15.1. The van der Waals surface area contributed by atoms with E-state index in [2.05, 4.69) is 20.8 Å². The van der Waals surface area contributed by atoms with Crippen molar-refractivity contribution in [2.24, 2.45) is 0 Å². The number of benzene rings is 2. The van der Waals surface area contributed by atoms with E-state index in [0.717, 1.165) is 11.4 Å². The van der Waals surface area contributed by atoms with Gasteiger partial charge in [0.1, 0.15) is 5.82 Å². The molecule has 0 spiro atoms. The van der Waals surface area contributed by atoms with E-state index in [1.165, 1.54) is 28.6 Å². The summed E-state index contributed by atoms with van der Waals surface area (Å²) in [6.07, 6.45) is 0. The molecule has 3 aromatic rings. The molecule has 0 aliphatic rings. The lowest BCUT2D eigenvalue weighted by atomic mass is 10.2. The number of halogens is 1. The molecule has 0 saturated carbocycles. The summed E-state index contributed by atoms with van der Waals surface area (Å²) in [4.78, 5) is 14.1. The fraction of sp³-hybridized carbons (Fsp3) is 0.176. The van der Waals surface area contributed by atoms with E-state index in [-0.39, 0.29) is 17.5 Å². The lowest BCUT2D eigenvalue weighted by Gasteiger charge is -2.13. The average molecular weight is 372 g/mol. The number of nitrogens with zero attached hydrogens (tertiary/aromatic N) is 5. The first kappa shape index (κ1) is 17.9. The number of thioether (sulfide) groups is 1. The molecule has 0 fully saturated rings. The molecular weight excluding hydrogens is 355 g/mol. The van der Waals surface area contributed by atoms with Gasteiger partial charge in [-0.2, -0.15) is 4.68 Å². The van der Waals surface area contributed by atoms with Gasteiger partial charge in [-0.3, -0.25) is 4.79 Å². The molecule has 1 aromatic heterocycles. The van der Waals surface area contributed by atoms with E-state index in [9.17, 15) is 9.18 Å². The molecule has 0 aliphatic carbocycles. The molecule has 9 heteroatoms. The largest absolute Gasteiger partial charge is 0.378 e. The SMILES string of the molecule is CN(C)c1ccc(NC(=O)CSc2nnnn2-c2ccc(F)cc2)cc1. The summed E-state index contributed by atoms with van der Waals surface area (Å²) in [5, 5.41) is 14.7. The van der Waals surface area contributed by atoms with Gasteiger partial charge in [0.2, 0.25) is 11.1 Å². The van der Waals surface area contributed by atoms with Gasteiger partial charge in [0, 0.05) is 25.5 Å². The van der Waals surface area contributed by atoms with Gasteiger partial charge in [0.05, 0.1) is 11.4 Å². The fourth-order valence-electron chi connectivity index (χ4n) is 2.18. The second kappa shape index (κ2) is 7.96. The van der Waals surface area contributed by atoms with Crippen molar-refractivity contribution in [3.05, 3.63) is 54.3 Å². The van der Waals surface area contributed by atoms with Crippen LogP contribution in [0, 0.1) is 5.82 Å². The molecule has 0 saturated heterocycles. The van der Waals surface area contributed by atoms with Crippen LogP contribution in [0.15, 0.2) is 53.7 Å². The number of rotatable bonds is 6. The first-order valence-electron chi connectivity index (χ1n) is 7.77. The Labute approximate surface area is 154 Å². The predicted molar refractivity (Wildman–Crippen MR) is 99.2 cm³/mol. The van der Waals surface area contributed by atoms with E-state index in [1.54, 1.807) is 12.1 Å². The fourth-order valence-corrected chi connectivity index (χ4v) is 2.87. The maximum Gasteiger partial charge on any atom is 0.234 e. The first-order chi connectivity index (χ1) is 12.5. The standard InChI is InChI=1S/C17H17FN6OS/c1-23(2)14-9-5-13(6-10-14)19-16(25)11-26-17-20-21-22-24(17)15-7-3-12(18)4-8-15/h3-10H,11H2,1-2H3,(H,19,25). The quantitative estimate of drug-likeness (QED) is 0.671. The number of tetrazole rings is 1.